The van der Waals surface area contributed by atoms with Gasteiger partial charge >= 0.3 is 0 Å². The second-order valence-electron chi connectivity index (χ2n) is 4.23. The fraction of sp³-hybridized carbons (Fsp3) is 1.00. The molecule has 0 aromatic carbocycles. The highest BCUT2D eigenvalue weighted by Crippen LogP contribution is 2.18. The molecular formula is C9H19N3. The van der Waals surface area contributed by atoms with E-state index in [2.05, 4.69) is 29.8 Å². The molecule has 3 heteroatoms. The van der Waals surface area contributed by atoms with Crippen LogP contribution < -0.4 is 16.0 Å². The zero-order chi connectivity index (χ0) is 8.55. The van der Waals surface area contributed by atoms with Gasteiger partial charge in [0, 0.05) is 24.8 Å². The van der Waals surface area contributed by atoms with E-state index < -0.39 is 0 Å². The third kappa shape index (κ3) is 1.37. The van der Waals surface area contributed by atoms with Crippen molar-refractivity contribution >= 4 is 0 Å². The van der Waals surface area contributed by atoms with Gasteiger partial charge < -0.3 is 10.6 Å². The maximum atomic E-state index is 3.59. The van der Waals surface area contributed by atoms with E-state index in [9.17, 15) is 0 Å². The first kappa shape index (κ1) is 8.48. The summed E-state index contributed by atoms with van der Waals surface area (Å²) in [5, 5.41) is 10.6. The van der Waals surface area contributed by atoms with Gasteiger partial charge in [-0.2, -0.15) is 0 Å². The lowest BCUT2D eigenvalue weighted by Crippen LogP contribution is -2.58. The van der Waals surface area contributed by atoms with Crippen LogP contribution in [-0.2, 0) is 0 Å². The molecule has 3 nitrogen and oxygen atoms in total. The molecule has 3 N–H and O–H groups in total. The smallest absolute Gasteiger partial charge is 0.0460 e. The minimum Gasteiger partial charge on any atom is -0.312 e. The molecule has 0 aromatic heterocycles. The summed E-state index contributed by atoms with van der Waals surface area (Å²) in [5.41, 5.74) is 0. The van der Waals surface area contributed by atoms with Gasteiger partial charge in [0.1, 0.15) is 0 Å². The highest BCUT2D eigenvalue weighted by molar-refractivity contribution is 5.00. The third-order valence-corrected chi connectivity index (χ3v) is 3.08. The van der Waals surface area contributed by atoms with Crippen molar-refractivity contribution in [2.45, 2.75) is 38.4 Å². The highest BCUT2D eigenvalue weighted by Gasteiger charge is 2.37. The van der Waals surface area contributed by atoms with Crippen LogP contribution in [0.4, 0.5) is 0 Å². The number of nitrogens with one attached hydrogen (secondary N) is 3. The van der Waals surface area contributed by atoms with Crippen molar-refractivity contribution in [3.05, 3.63) is 0 Å². The molecule has 3 atom stereocenters. The van der Waals surface area contributed by atoms with E-state index in [4.69, 9.17) is 0 Å². The number of fused-ring (bicyclic) bond motifs is 1. The summed E-state index contributed by atoms with van der Waals surface area (Å²) in [6.45, 7) is 6.74. The maximum absolute atomic E-state index is 3.59. The monoisotopic (exact) mass is 169 g/mol. The Morgan fingerprint density at radius 1 is 1.17 bits per heavy atom. The number of piperidine rings is 1. The van der Waals surface area contributed by atoms with Crippen LogP contribution in [0.15, 0.2) is 0 Å². The van der Waals surface area contributed by atoms with Gasteiger partial charge in [0.15, 0.2) is 0 Å². The Morgan fingerprint density at radius 3 is 2.75 bits per heavy atom. The van der Waals surface area contributed by atoms with Crippen LogP contribution in [0.2, 0.25) is 0 Å². The van der Waals surface area contributed by atoms with Crippen LogP contribution in [0.25, 0.3) is 0 Å². The van der Waals surface area contributed by atoms with Gasteiger partial charge in [-0.25, -0.2) is 0 Å². The summed E-state index contributed by atoms with van der Waals surface area (Å²) in [5.74, 6) is 0.727. The van der Waals surface area contributed by atoms with Gasteiger partial charge in [-0.15, -0.1) is 0 Å². The lowest BCUT2D eigenvalue weighted by atomic mass is 9.88. The minimum atomic E-state index is 0.652. The molecule has 0 spiro atoms. The molecule has 3 unspecified atom stereocenters. The molecule has 0 amide bonds. The van der Waals surface area contributed by atoms with Crippen molar-refractivity contribution in [2.75, 3.05) is 13.2 Å². The molecule has 0 saturated carbocycles. The van der Waals surface area contributed by atoms with Crippen molar-refractivity contribution in [2.24, 2.45) is 5.92 Å². The summed E-state index contributed by atoms with van der Waals surface area (Å²) in [6, 6.07) is 2.01. The molecule has 0 bridgehead atoms. The Kier molecular flexibility index (Phi) is 2.35. The van der Waals surface area contributed by atoms with Gasteiger partial charge in [-0.05, 0) is 18.9 Å². The minimum absolute atomic E-state index is 0.652. The predicted molar refractivity (Wildman–Crippen MR) is 50.0 cm³/mol. The van der Waals surface area contributed by atoms with Crippen molar-refractivity contribution in [1.82, 2.24) is 16.0 Å². The van der Waals surface area contributed by atoms with E-state index in [1.54, 1.807) is 0 Å². The summed E-state index contributed by atoms with van der Waals surface area (Å²) >= 11 is 0. The van der Waals surface area contributed by atoms with Gasteiger partial charge in [-0.3, -0.25) is 5.32 Å². The zero-order valence-corrected chi connectivity index (χ0v) is 7.93. The topological polar surface area (TPSA) is 36.1 Å². The van der Waals surface area contributed by atoms with Crippen LogP contribution in [0.1, 0.15) is 20.3 Å². The predicted octanol–water partition coefficient (Wildman–Crippen LogP) is -0.108. The molecule has 12 heavy (non-hydrogen) atoms. The van der Waals surface area contributed by atoms with Gasteiger partial charge in [0.05, 0.1) is 0 Å². The lowest BCUT2D eigenvalue weighted by Gasteiger charge is -2.36. The summed E-state index contributed by atoms with van der Waals surface area (Å²) in [4.78, 5) is 0. The van der Waals surface area contributed by atoms with Crippen LogP contribution in [0, 0.1) is 5.92 Å². The largest absolute Gasteiger partial charge is 0.312 e. The molecular weight excluding hydrogens is 150 g/mol. The quantitative estimate of drug-likeness (QED) is 0.513. The Hall–Kier alpha value is -0.120. The zero-order valence-electron chi connectivity index (χ0n) is 7.93. The highest BCUT2D eigenvalue weighted by atomic mass is 15.2. The van der Waals surface area contributed by atoms with Gasteiger partial charge in [-0.1, -0.05) is 13.8 Å². The van der Waals surface area contributed by atoms with Crippen molar-refractivity contribution in [1.29, 1.82) is 0 Å². The van der Waals surface area contributed by atoms with E-state index in [1.807, 2.05) is 0 Å². The van der Waals surface area contributed by atoms with E-state index in [0.29, 0.717) is 18.1 Å². The molecule has 2 aliphatic rings. The first-order valence-electron chi connectivity index (χ1n) is 4.99. The van der Waals surface area contributed by atoms with E-state index in [-0.39, 0.29) is 0 Å². The molecule has 70 valence electrons. The Morgan fingerprint density at radius 2 is 2.00 bits per heavy atom. The van der Waals surface area contributed by atoms with E-state index in [1.165, 1.54) is 13.0 Å². The van der Waals surface area contributed by atoms with E-state index >= 15 is 0 Å². The Labute approximate surface area is 74.3 Å². The third-order valence-electron chi connectivity index (χ3n) is 3.08. The van der Waals surface area contributed by atoms with Gasteiger partial charge in [0.25, 0.3) is 0 Å². The average molecular weight is 169 g/mol. The van der Waals surface area contributed by atoms with Crippen LogP contribution >= 0.6 is 0 Å². The standard InChI is InChI=1S/C9H19N3/c1-6(2)8-9-7(3-4-10-8)11-5-12-9/h6-12H,3-5H2,1-2H3. The summed E-state index contributed by atoms with van der Waals surface area (Å²) in [6.07, 6.45) is 1.26. The number of rotatable bonds is 1. The van der Waals surface area contributed by atoms with Crippen molar-refractivity contribution in [3.8, 4) is 0 Å². The maximum Gasteiger partial charge on any atom is 0.0460 e. The van der Waals surface area contributed by atoms with Crippen LogP contribution in [0.3, 0.4) is 0 Å². The lowest BCUT2D eigenvalue weighted by molar-refractivity contribution is 0.252. The molecule has 2 rings (SSSR count). The molecule has 2 heterocycles. The fourth-order valence-electron chi connectivity index (χ4n) is 2.42. The molecule has 2 fully saturated rings. The van der Waals surface area contributed by atoms with Crippen LogP contribution in [-0.4, -0.2) is 31.3 Å². The van der Waals surface area contributed by atoms with E-state index in [0.717, 1.165) is 12.6 Å². The van der Waals surface area contributed by atoms with Gasteiger partial charge in [0.2, 0.25) is 0 Å². The fourth-order valence-corrected chi connectivity index (χ4v) is 2.42. The SMILES string of the molecule is CC(C)C1NCCC2NCNC21. The second-order valence-corrected chi connectivity index (χ2v) is 4.23. The average Bonchev–Trinajstić information content (AvgIpc) is 2.49. The first-order valence-corrected chi connectivity index (χ1v) is 4.99. The Bertz CT molecular complexity index is 158. The molecule has 2 saturated heterocycles. The van der Waals surface area contributed by atoms with Crippen molar-refractivity contribution in [3.63, 3.8) is 0 Å². The first-order chi connectivity index (χ1) is 5.79. The van der Waals surface area contributed by atoms with Crippen LogP contribution in [0.5, 0.6) is 0 Å². The summed E-state index contributed by atoms with van der Waals surface area (Å²) < 4.78 is 0. The second kappa shape index (κ2) is 3.32. The Balaban J connectivity index is 2.03. The number of hydrogen-bond donors (Lipinski definition) is 3. The normalized spacial score (nSPS) is 41.8. The molecule has 0 radical (unpaired) electrons. The molecule has 0 aromatic rings. The molecule has 0 aliphatic carbocycles. The van der Waals surface area contributed by atoms with Crippen molar-refractivity contribution < 1.29 is 0 Å². The number of hydrogen-bond acceptors (Lipinski definition) is 3. The summed E-state index contributed by atoms with van der Waals surface area (Å²) in [7, 11) is 0. The molecule has 2 aliphatic heterocycles.